The van der Waals surface area contributed by atoms with E-state index in [1.165, 1.54) is 0 Å². The van der Waals surface area contributed by atoms with E-state index in [0.717, 1.165) is 0 Å². The number of aryl methyl sites for hydroxylation is 1. The smallest absolute Gasteiger partial charge is 0.255 e. The fourth-order valence-corrected chi connectivity index (χ4v) is 2.26. The Bertz CT molecular complexity index is 667. The molecule has 1 heterocycles. The van der Waals surface area contributed by atoms with E-state index in [1.807, 2.05) is 32.0 Å². The Morgan fingerprint density at radius 2 is 2.09 bits per heavy atom. The third kappa shape index (κ3) is 3.67. The van der Waals surface area contributed by atoms with Crippen molar-refractivity contribution in [3.8, 4) is 11.3 Å². The number of aliphatic hydroxyl groups excluding tert-OH is 1. The van der Waals surface area contributed by atoms with Crippen LogP contribution in [-0.4, -0.2) is 33.4 Å². The van der Waals surface area contributed by atoms with Crippen LogP contribution in [0.25, 0.3) is 11.3 Å². The number of nitrogens with one attached hydrogen (secondary N) is 1. The monoisotopic (exact) mass is 321 g/mol. The molecule has 0 radical (unpaired) electrons. The van der Waals surface area contributed by atoms with Gasteiger partial charge in [0, 0.05) is 25.4 Å². The summed E-state index contributed by atoms with van der Waals surface area (Å²) in [6.07, 6.45) is 1.07. The maximum absolute atomic E-state index is 12.4. The lowest BCUT2D eigenvalue weighted by atomic mass is 10.1. The van der Waals surface area contributed by atoms with Gasteiger partial charge in [0.1, 0.15) is 5.69 Å². The lowest BCUT2D eigenvalue weighted by molar-refractivity contribution is 0.0872. The summed E-state index contributed by atoms with van der Waals surface area (Å²) in [6.45, 7) is 4.00. The number of benzene rings is 1. The summed E-state index contributed by atoms with van der Waals surface area (Å²) < 4.78 is 1.58. The number of carbonyl (C=O) groups is 1. The first-order chi connectivity index (χ1) is 10.4. The molecule has 2 aromatic rings. The van der Waals surface area contributed by atoms with Crippen molar-refractivity contribution >= 4 is 17.5 Å². The van der Waals surface area contributed by atoms with Crippen LogP contribution in [0.4, 0.5) is 0 Å². The second kappa shape index (κ2) is 6.94. The van der Waals surface area contributed by atoms with E-state index in [2.05, 4.69) is 10.4 Å². The SMILES string of the molecule is CC(C)C(O)CNC(=O)c1cn(C)nc1-c1ccccc1Cl. The lowest BCUT2D eigenvalue weighted by Crippen LogP contribution is -2.34. The van der Waals surface area contributed by atoms with Gasteiger partial charge >= 0.3 is 0 Å². The fraction of sp³-hybridized carbons (Fsp3) is 0.375. The molecule has 5 nitrogen and oxygen atoms in total. The van der Waals surface area contributed by atoms with E-state index in [-0.39, 0.29) is 18.4 Å². The summed E-state index contributed by atoms with van der Waals surface area (Å²) >= 11 is 6.19. The number of hydrogen-bond donors (Lipinski definition) is 2. The molecule has 2 rings (SSSR count). The minimum atomic E-state index is -0.579. The first kappa shape index (κ1) is 16.5. The van der Waals surface area contributed by atoms with Crippen molar-refractivity contribution in [1.29, 1.82) is 0 Å². The van der Waals surface area contributed by atoms with E-state index in [0.29, 0.717) is 21.8 Å². The van der Waals surface area contributed by atoms with Gasteiger partial charge in [0.05, 0.1) is 16.7 Å². The first-order valence-corrected chi connectivity index (χ1v) is 7.52. The van der Waals surface area contributed by atoms with Crippen molar-refractivity contribution < 1.29 is 9.90 Å². The van der Waals surface area contributed by atoms with Gasteiger partial charge in [-0.15, -0.1) is 0 Å². The van der Waals surface area contributed by atoms with Gasteiger partial charge in [0.15, 0.2) is 0 Å². The van der Waals surface area contributed by atoms with Crippen molar-refractivity contribution in [2.75, 3.05) is 6.54 Å². The van der Waals surface area contributed by atoms with Crippen molar-refractivity contribution in [3.63, 3.8) is 0 Å². The van der Waals surface area contributed by atoms with Gasteiger partial charge in [-0.25, -0.2) is 0 Å². The zero-order chi connectivity index (χ0) is 16.3. The highest BCUT2D eigenvalue weighted by Crippen LogP contribution is 2.28. The van der Waals surface area contributed by atoms with Gasteiger partial charge in [-0.2, -0.15) is 5.10 Å². The fourth-order valence-electron chi connectivity index (χ4n) is 2.04. The van der Waals surface area contributed by atoms with Crippen molar-refractivity contribution in [2.24, 2.45) is 13.0 Å². The maximum atomic E-state index is 12.4. The third-order valence-electron chi connectivity index (χ3n) is 3.44. The Hall–Kier alpha value is -1.85. The number of amides is 1. The Morgan fingerprint density at radius 3 is 2.73 bits per heavy atom. The van der Waals surface area contributed by atoms with Crippen LogP contribution in [-0.2, 0) is 7.05 Å². The Morgan fingerprint density at radius 1 is 1.41 bits per heavy atom. The van der Waals surface area contributed by atoms with Crippen molar-refractivity contribution in [1.82, 2.24) is 15.1 Å². The number of halogens is 1. The molecule has 6 heteroatoms. The van der Waals surface area contributed by atoms with Crippen LogP contribution in [0.15, 0.2) is 30.5 Å². The number of aliphatic hydroxyl groups is 1. The zero-order valence-corrected chi connectivity index (χ0v) is 13.6. The molecular formula is C16H20ClN3O2. The molecule has 1 aromatic heterocycles. The van der Waals surface area contributed by atoms with Crippen LogP contribution in [0.5, 0.6) is 0 Å². The maximum Gasteiger partial charge on any atom is 0.255 e. The minimum absolute atomic E-state index is 0.0808. The molecule has 1 amide bonds. The summed E-state index contributed by atoms with van der Waals surface area (Å²) in [4.78, 5) is 12.4. The number of hydrogen-bond acceptors (Lipinski definition) is 3. The van der Waals surface area contributed by atoms with Crippen LogP contribution < -0.4 is 5.32 Å². The molecule has 0 fully saturated rings. The molecule has 22 heavy (non-hydrogen) atoms. The summed E-state index contributed by atoms with van der Waals surface area (Å²) in [5, 5.41) is 17.4. The van der Waals surface area contributed by atoms with E-state index < -0.39 is 6.10 Å². The molecule has 118 valence electrons. The first-order valence-electron chi connectivity index (χ1n) is 7.15. The summed E-state index contributed by atoms with van der Waals surface area (Å²) in [5.74, 6) is -0.194. The highest BCUT2D eigenvalue weighted by molar-refractivity contribution is 6.33. The molecular weight excluding hydrogens is 302 g/mol. The number of aromatic nitrogens is 2. The van der Waals surface area contributed by atoms with E-state index >= 15 is 0 Å². The van der Waals surface area contributed by atoms with Gasteiger partial charge in [-0.1, -0.05) is 43.6 Å². The van der Waals surface area contributed by atoms with Crippen molar-refractivity contribution in [2.45, 2.75) is 20.0 Å². The van der Waals surface area contributed by atoms with E-state index in [4.69, 9.17) is 11.6 Å². The van der Waals surface area contributed by atoms with Crippen LogP contribution in [0, 0.1) is 5.92 Å². The standard InChI is InChI=1S/C16H20ClN3O2/c1-10(2)14(21)8-18-16(22)12-9-20(3)19-15(12)11-6-4-5-7-13(11)17/h4-7,9-10,14,21H,8H2,1-3H3,(H,18,22). The van der Waals surface area contributed by atoms with E-state index in [1.54, 1.807) is 24.0 Å². The molecule has 0 saturated carbocycles. The topological polar surface area (TPSA) is 67.2 Å². The summed E-state index contributed by atoms with van der Waals surface area (Å²) in [7, 11) is 1.75. The lowest BCUT2D eigenvalue weighted by Gasteiger charge is -2.15. The van der Waals surface area contributed by atoms with Gasteiger partial charge in [-0.05, 0) is 12.0 Å². The molecule has 0 aliphatic carbocycles. The molecule has 1 atom stereocenters. The quantitative estimate of drug-likeness (QED) is 0.889. The second-order valence-electron chi connectivity index (χ2n) is 5.57. The Balaban J connectivity index is 2.25. The average molecular weight is 322 g/mol. The summed E-state index contributed by atoms with van der Waals surface area (Å²) in [5.41, 5.74) is 1.68. The van der Waals surface area contributed by atoms with Crippen LogP contribution in [0.2, 0.25) is 5.02 Å². The zero-order valence-electron chi connectivity index (χ0n) is 12.9. The molecule has 2 N–H and O–H groups in total. The number of carbonyl (C=O) groups excluding carboxylic acids is 1. The molecule has 1 aromatic carbocycles. The predicted molar refractivity (Wildman–Crippen MR) is 86.8 cm³/mol. The van der Waals surface area contributed by atoms with E-state index in [9.17, 15) is 9.90 Å². The molecule has 0 aliphatic heterocycles. The number of rotatable bonds is 5. The largest absolute Gasteiger partial charge is 0.391 e. The van der Waals surface area contributed by atoms with Crippen molar-refractivity contribution in [3.05, 3.63) is 41.0 Å². The van der Waals surface area contributed by atoms with Gasteiger partial charge in [0.25, 0.3) is 5.91 Å². The number of nitrogens with zero attached hydrogens (tertiary/aromatic N) is 2. The molecule has 0 saturated heterocycles. The highest BCUT2D eigenvalue weighted by Gasteiger charge is 2.20. The summed E-state index contributed by atoms with van der Waals surface area (Å²) in [6, 6.07) is 7.26. The molecule has 1 unspecified atom stereocenters. The van der Waals surface area contributed by atoms with Crippen LogP contribution in [0.1, 0.15) is 24.2 Å². The average Bonchev–Trinajstić information content (AvgIpc) is 2.86. The van der Waals surface area contributed by atoms with Gasteiger partial charge in [-0.3, -0.25) is 9.48 Å². The second-order valence-corrected chi connectivity index (χ2v) is 5.97. The van der Waals surface area contributed by atoms with Gasteiger partial charge < -0.3 is 10.4 Å². The van der Waals surface area contributed by atoms with Crippen LogP contribution >= 0.6 is 11.6 Å². The molecule has 0 spiro atoms. The van der Waals surface area contributed by atoms with Crippen LogP contribution in [0.3, 0.4) is 0 Å². The normalized spacial score (nSPS) is 12.5. The Labute approximate surface area is 134 Å². The minimum Gasteiger partial charge on any atom is -0.391 e. The van der Waals surface area contributed by atoms with Gasteiger partial charge in [0.2, 0.25) is 0 Å². The molecule has 0 aliphatic rings. The predicted octanol–water partition coefficient (Wildman–Crippen LogP) is 2.49. The highest BCUT2D eigenvalue weighted by atomic mass is 35.5. The third-order valence-corrected chi connectivity index (χ3v) is 3.77. The Kier molecular flexibility index (Phi) is 5.21. The molecule has 0 bridgehead atoms.